The van der Waals surface area contributed by atoms with E-state index in [0.29, 0.717) is 19.8 Å². The lowest BCUT2D eigenvalue weighted by Crippen LogP contribution is -2.29. The Kier molecular flexibility index (Phi) is 4.86. The van der Waals surface area contributed by atoms with Crippen LogP contribution in [0.2, 0.25) is 0 Å². The minimum atomic E-state index is 0.0125. The summed E-state index contributed by atoms with van der Waals surface area (Å²) in [4.78, 5) is 16.8. The Bertz CT molecular complexity index is 962. The molecular weight excluding hydrogens is 358 g/mol. The fourth-order valence-electron chi connectivity index (χ4n) is 3.27. The van der Waals surface area contributed by atoms with E-state index in [1.54, 1.807) is 4.90 Å². The molecule has 0 fully saturated rings. The fraction of sp³-hybridized carbons (Fsp3) is 0.227. The van der Waals surface area contributed by atoms with Crippen LogP contribution in [0.15, 0.2) is 54.6 Å². The van der Waals surface area contributed by atoms with Crippen LogP contribution in [0.1, 0.15) is 29.1 Å². The van der Waals surface area contributed by atoms with Gasteiger partial charge in [0.1, 0.15) is 18.1 Å². The van der Waals surface area contributed by atoms with Gasteiger partial charge in [-0.15, -0.1) is 11.3 Å². The third-order valence-electron chi connectivity index (χ3n) is 4.56. The van der Waals surface area contributed by atoms with Gasteiger partial charge in [0.25, 0.3) is 5.91 Å². The largest absolute Gasteiger partial charge is 0.494 e. The summed E-state index contributed by atoms with van der Waals surface area (Å²) in [6.45, 7) is 5.67. The van der Waals surface area contributed by atoms with Crippen molar-refractivity contribution in [3.8, 4) is 21.9 Å². The molecule has 3 aromatic rings. The highest BCUT2D eigenvalue weighted by Gasteiger charge is 2.25. The zero-order chi connectivity index (χ0) is 18.8. The summed E-state index contributed by atoms with van der Waals surface area (Å²) in [5.41, 5.74) is 3.01. The molecule has 0 unspecified atom stereocenters. The number of thiophene rings is 1. The Morgan fingerprint density at radius 1 is 1.15 bits per heavy atom. The van der Waals surface area contributed by atoms with Crippen LogP contribution in [0.4, 0.5) is 5.69 Å². The number of carbonyl (C=O) groups is 1. The van der Waals surface area contributed by atoms with Gasteiger partial charge in [-0.25, -0.2) is 0 Å². The summed E-state index contributed by atoms with van der Waals surface area (Å²) in [7, 11) is 0. The highest BCUT2D eigenvalue weighted by Crippen LogP contribution is 2.42. The third-order valence-corrected chi connectivity index (χ3v) is 5.75. The average molecular weight is 379 g/mol. The average Bonchev–Trinajstić information content (AvgIpc) is 3.15. The molecular formula is C22H21NO3S. The number of hydrogen-bond acceptors (Lipinski definition) is 4. The van der Waals surface area contributed by atoms with Crippen LogP contribution < -0.4 is 14.4 Å². The number of para-hydroxylation sites is 1. The predicted octanol–water partition coefficient (Wildman–Crippen LogP) is 5.37. The second-order valence-corrected chi connectivity index (χ2v) is 7.28. The van der Waals surface area contributed by atoms with Crippen molar-refractivity contribution in [3.05, 3.63) is 65.0 Å². The van der Waals surface area contributed by atoms with Gasteiger partial charge in [-0.05, 0) is 56.3 Å². The minimum Gasteiger partial charge on any atom is -0.494 e. The summed E-state index contributed by atoms with van der Waals surface area (Å²) in [5, 5.41) is 0. The maximum atomic E-state index is 13.2. The Morgan fingerprint density at radius 2 is 1.93 bits per heavy atom. The van der Waals surface area contributed by atoms with Crippen molar-refractivity contribution >= 4 is 22.9 Å². The van der Waals surface area contributed by atoms with Crippen LogP contribution in [-0.4, -0.2) is 19.1 Å². The van der Waals surface area contributed by atoms with Gasteiger partial charge >= 0.3 is 0 Å². The van der Waals surface area contributed by atoms with Crippen molar-refractivity contribution in [1.82, 2.24) is 0 Å². The van der Waals surface area contributed by atoms with E-state index >= 15 is 0 Å². The van der Waals surface area contributed by atoms with Crippen LogP contribution in [0.5, 0.6) is 11.5 Å². The molecule has 0 saturated heterocycles. The molecule has 2 aromatic carbocycles. The van der Waals surface area contributed by atoms with Crippen molar-refractivity contribution in [2.24, 2.45) is 0 Å². The molecule has 0 saturated carbocycles. The smallest absolute Gasteiger partial charge is 0.268 e. The molecule has 1 aliphatic rings. The molecule has 27 heavy (non-hydrogen) atoms. The predicted molar refractivity (Wildman–Crippen MR) is 109 cm³/mol. The molecule has 1 aromatic heterocycles. The van der Waals surface area contributed by atoms with Crippen LogP contribution in [0.25, 0.3) is 10.4 Å². The fourth-order valence-corrected chi connectivity index (χ4v) is 4.42. The number of rotatable bonds is 5. The highest BCUT2D eigenvalue weighted by molar-refractivity contribution is 7.17. The summed E-state index contributed by atoms with van der Waals surface area (Å²) in [5.74, 6) is 1.70. The maximum Gasteiger partial charge on any atom is 0.268 e. The summed E-state index contributed by atoms with van der Waals surface area (Å²) < 4.78 is 11.3. The zero-order valence-corrected chi connectivity index (χ0v) is 16.2. The summed E-state index contributed by atoms with van der Waals surface area (Å²) in [6.07, 6.45) is 0. The van der Waals surface area contributed by atoms with Gasteiger partial charge in [-0.2, -0.15) is 0 Å². The number of hydrogen-bond donors (Lipinski definition) is 0. The first-order valence-corrected chi connectivity index (χ1v) is 9.92. The van der Waals surface area contributed by atoms with Gasteiger partial charge in [0.2, 0.25) is 0 Å². The van der Waals surface area contributed by atoms with Gasteiger partial charge in [0.05, 0.1) is 11.5 Å². The number of nitrogens with zero attached hydrogens (tertiary/aromatic N) is 1. The zero-order valence-electron chi connectivity index (χ0n) is 15.4. The van der Waals surface area contributed by atoms with Crippen molar-refractivity contribution < 1.29 is 14.3 Å². The SMILES string of the molecule is CCOc1ccc(N(CC)C(=O)c2cc3c(s2)-c2ccccc2OC3)cc1. The first kappa shape index (κ1) is 17.6. The quantitative estimate of drug-likeness (QED) is 0.598. The lowest BCUT2D eigenvalue weighted by Gasteiger charge is -2.20. The Morgan fingerprint density at radius 3 is 2.67 bits per heavy atom. The van der Waals surface area contributed by atoms with Crippen molar-refractivity contribution in [1.29, 1.82) is 0 Å². The second-order valence-electron chi connectivity index (χ2n) is 6.23. The second kappa shape index (κ2) is 7.45. The highest BCUT2D eigenvalue weighted by atomic mass is 32.1. The molecule has 1 aliphatic heterocycles. The molecule has 2 heterocycles. The molecule has 0 atom stereocenters. The standard InChI is InChI=1S/C22H21NO3S/c1-3-23(16-9-11-17(12-10-16)25-4-2)22(24)20-13-15-14-26-19-8-6-5-7-18(19)21(15)27-20/h5-13H,3-4,14H2,1-2H3. The summed E-state index contributed by atoms with van der Waals surface area (Å²) >= 11 is 1.54. The van der Waals surface area contributed by atoms with Gasteiger partial charge in [0.15, 0.2) is 0 Å². The monoisotopic (exact) mass is 379 g/mol. The number of carbonyl (C=O) groups excluding carboxylic acids is 1. The van der Waals surface area contributed by atoms with Gasteiger partial charge < -0.3 is 14.4 Å². The topological polar surface area (TPSA) is 38.8 Å². The van der Waals surface area contributed by atoms with E-state index in [4.69, 9.17) is 9.47 Å². The number of fused-ring (bicyclic) bond motifs is 3. The molecule has 4 nitrogen and oxygen atoms in total. The molecule has 0 N–H and O–H groups in total. The molecule has 138 valence electrons. The lowest BCUT2D eigenvalue weighted by molar-refractivity contribution is 0.0992. The van der Waals surface area contributed by atoms with Crippen molar-refractivity contribution in [3.63, 3.8) is 0 Å². The first-order chi connectivity index (χ1) is 13.2. The molecule has 0 aliphatic carbocycles. The van der Waals surface area contributed by atoms with Gasteiger partial charge in [-0.1, -0.05) is 12.1 Å². The van der Waals surface area contributed by atoms with Gasteiger partial charge in [-0.3, -0.25) is 4.79 Å². The van der Waals surface area contributed by atoms with E-state index in [-0.39, 0.29) is 5.91 Å². The maximum absolute atomic E-state index is 13.2. The van der Waals surface area contributed by atoms with Crippen molar-refractivity contribution in [2.75, 3.05) is 18.1 Å². The molecule has 0 bridgehead atoms. The minimum absolute atomic E-state index is 0.0125. The third kappa shape index (κ3) is 3.30. The lowest BCUT2D eigenvalue weighted by atomic mass is 10.1. The molecule has 0 spiro atoms. The van der Waals surface area contributed by atoms with E-state index in [1.165, 1.54) is 11.3 Å². The van der Waals surface area contributed by atoms with Crippen LogP contribution in [-0.2, 0) is 6.61 Å². The Balaban J connectivity index is 1.63. The summed E-state index contributed by atoms with van der Waals surface area (Å²) in [6, 6.07) is 17.6. The molecule has 0 radical (unpaired) electrons. The molecule has 1 amide bonds. The Hall–Kier alpha value is -2.79. The van der Waals surface area contributed by atoms with Crippen LogP contribution in [0, 0.1) is 0 Å². The van der Waals surface area contributed by atoms with E-state index < -0.39 is 0 Å². The van der Waals surface area contributed by atoms with E-state index in [1.807, 2.05) is 68.4 Å². The van der Waals surface area contributed by atoms with Crippen molar-refractivity contribution in [2.45, 2.75) is 20.5 Å². The van der Waals surface area contributed by atoms with Gasteiger partial charge in [0, 0.05) is 28.2 Å². The van der Waals surface area contributed by atoms with E-state index in [0.717, 1.165) is 38.1 Å². The normalized spacial score (nSPS) is 11.9. The number of benzene rings is 2. The van der Waals surface area contributed by atoms with E-state index in [9.17, 15) is 4.79 Å². The molecule has 4 rings (SSSR count). The Labute approximate surface area is 163 Å². The number of amides is 1. The molecule has 5 heteroatoms. The van der Waals surface area contributed by atoms with E-state index in [2.05, 4.69) is 0 Å². The first-order valence-electron chi connectivity index (χ1n) is 9.11. The van der Waals surface area contributed by atoms with Crippen LogP contribution >= 0.6 is 11.3 Å². The number of ether oxygens (including phenoxy) is 2. The van der Waals surface area contributed by atoms with Crippen LogP contribution in [0.3, 0.4) is 0 Å². The number of anilines is 1.